The van der Waals surface area contributed by atoms with Crippen molar-refractivity contribution in [2.75, 3.05) is 12.3 Å². The molecule has 0 saturated heterocycles. The third-order valence-corrected chi connectivity index (χ3v) is 1.56. The van der Waals surface area contributed by atoms with E-state index in [2.05, 4.69) is 6.58 Å². The summed E-state index contributed by atoms with van der Waals surface area (Å²) in [6.45, 7) is 3.98. The van der Waals surface area contributed by atoms with E-state index in [1.165, 1.54) is 0 Å². The number of ether oxygens (including phenoxy) is 1. The molecule has 0 aliphatic carbocycles. The second-order valence-electron chi connectivity index (χ2n) is 2.28. The lowest BCUT2D eigenvalue weighted by Gasteiger charge is -2.05. The van der Waals surface area contributed by atoms with E-state index in [0.29, 0.717) is 23.1 Å². The average Bonchev–Trinajstić information content (AvgIpc) is 2.03. The van der Waals surface area contributed by atoms with Crippen molar-refractivity contribution >= 4 is 17.3 Å². The fraction of sp³-hybridized carbons (Fsp3) is 0.111. The van der Waals surface area contributed by atoms with Crippen molar-refractivity contribution in [3.05, 3.63) is 35.9 Å². The van der Waals surface area contributed by atoms with E-state index >= 15 is 0 Å². The summed E-state index contributed by atoms with van der Waals surface area (Å²) in [7, 11) is 0. The minimum atomic E-state index is 0.450. The number of hydrogen-bond acceptors (Lipinski definition) is 2. The highest BCUT2D eigenvalue weighted by molar-refractivity contribution is 6.30. The van der Waals surface area contributed by atoms with E-state index in [1.807, 2.05) is 0 Å². The van der Waals surface area contributed by atoms with Gasteiger partial charge in [0.2, 0.25) is 0 Å². The topological polar surface area (TPSA) is 35.2 Å². The van der Waals surface area contributed by atoms with Crippen molar-refractivity contribution in [3.63, 3.8) is 0 Å². The van der Waals surface area contributed by atoms with E-state index in [9.17, 15) is 0 Å². The van der Waals surface area contributed by atoms with Crippen molar-refractivity contribution in [1.29, 1.82) is 0 Å². The van der Waals surface area contributed by atoms with Gasteiger partial charge in [0.1, 0.15) is 12.4 Å². The molecule has 0 radical (unpaired) electrons. The molecule has 0 heterocycles. The molecule has 3 heteroatoms. The van der Waals surface area contributed by atoms with Gasteiger partial charge in [-0.1, -0.05) is 24.3 Å². The van der Waals surface area contributed by atoms with Crippen molar-refractivity contribution in [2.45, 2.75) is 0 Å². The molecule has 0 saturated carbocycles. The Hall–Kier alpha value is -1.15. The van der Waals surface area contributed by atoms with Crippen molar-refractivity contribution < 1.29 is 4.74 Å². The van der Waals surface area contributed by atoms with Gasteiger partial charge in [0, 0.05) is 5.02 Å². The number of rotatable bonds is 3. The molecule has 64 valence electrons. The van der Waals surface area contributed by atoms with Crippen LogP contribution in [0.15, 0.2) is 30.9 Å². The van der Waals surface area contributed by atoms with Crippen molar-refractivity contribution in [2.24, 2.45) is 0 Å². The Balaban J connectivity index is 2.78. The zero-order valence-electron chi connectivity index (χ0n) is 6.59. The fourth-order valence-corrected chi connectivity index (χ4v) is 0.980. The van der Waals surface area contributed by atoms with Crippen LogP contribution in [0.3, 0.4) is 0 Å². The van der Waals surface area contributed by atoms with Crippen LogP contribution in [-0.2, 0) is 0 Å². The Kier molecular flexibility index (Phi) is 3.00. The molecule has 12 heavy (non-hydrogen) atoms. The van der Waals surface area contributed by atoms with Crippen LogP contribution in [0.2, 0.25) is 5.02 Å². The molecule has 0 unspecified atom stereocenters. The van der Waals surface area contributed by atoms with Crippen molar-refractivity contribution in [1.82, 2.24) is 0 Å². The molecule has 2 nitrogen and oxygen atoms in total. The van der Waals surface area contributed by atoms with Gasteiger partial charge in [-0.2, -0.15) is 0 Å². The lowest BCUT2D eigenvalue weighted by Crippen LogP contribution is -1.96. The molecule has 0 amide bonds. The zero-order valence-corrected chi connectivity index (χ0v) is 7.34. The summed E-state index contributed by atoms with van der Waals surface area (Å²) in [5.74, 6) is 0.638. The first kappa shape index (κ1) is 8.94. The molecule has 0 aliphatic rings. The van der Waals surface area contributed by atoms with Gasteiger partial charge in [0.25, 0.3) is 0 Å². The van der Waals surface area contributed by atoms with Gasteiger partial charge >= 0.3 is 0 Å². The Morgan fingerprint density at radius 3 is 2.92 bits per heavy atom. The number of anilines is 1. The molecule has 1 rings (SSSR count). The third kappa shape index (κ3) is 2.17. The molecular weight excluding hydrogens is 174 g/mol. The van der Waals surface area contributed by atoms with E-state index in [4.69, 9.17) is 22.1 Å². The van der Waals surface area contributed by atoms with Gasteiger partial charge in [-0.15, -0.1) is 0 Å². The quantitative estimate of drug-likeness (QED) is 0.577. The number of hydrogen-bond donors (Lipinski definition) is 1. The summed E-state index contributed by atoms with van der Waals surface area (Å²) in [6.07, 6.45) is 1.66. The molecular formula is C9H10ClNO. The molecule has 0 aromatic heterocycles. The molecule has 1 aromatic rings. The normalized spacial score (nSPS) is 9.42. The summed E-state index contributed by atoms with van der Waals surface area (Å²) < 4.78 is 5.24. The molecule has 0 bridgehead atoms. The van der Waals surface area contributed by atoms with E-state index in [-0.39, 0.29) is 0 Å². The highest BCUT2D eigenvalue weighted by atomic mass is 35.5. The maximum absolute atomic E-state index is 5.70. The monoisotopic (exact) mass is 183 g/mol. The molecule has 0 fully saturated rings. The van der Waals surface area contributed by atoms with Crippen LogP contribution in [0.1, 0.15) is 0 Å². The van der Waals surface area contributed by atoms with Gasteiger partial charge in [-0.3, -0.25) is 0 Å². The highest BCUT2D eigenvalue weighted by Crippen LogP contribution is 2.24. The zero-order chi connectivity index (χ0) is 8.97. The Labute approximate surface area is 76.6 Å². The van der Waals surface area contributed by atoms with Crippen LogP contribution in [-0.4, -0.2) is 6.61 Å². The lowest BCUT2D eigenvalue weighted by molar-refractivity contribution is 0.365. The first-order valence-electron chi connectivity index (χ1n) is 3.52. The summed E-state index contributed by atoms with van der Waals surface area (Å²) in [6, 6.07) is 5.12. The standard InChI is InChI=1S/C9H10ClNO/c1-2-5-12-9-4-3-7(10)6-8(9)11/h2-4,6H,1,5,11H2. The van der Waals surface area contributed by atoms with Gasteiger partial charge in [-0.05, 0) is 18.2 Å². The molecule has 1 aromatic carbocycles. The van der Waals surface area contributed by atoms with Gasteiger partial charge in [0.15, 0.2) is 0 Å². The van der Waals surface area contributed by atoms with E-state index < -0.39 is 0 Å². The van der Waals surface area contributed by atoms with Crippen LogP contribution in [0.4, 0.5) is 5.69 Å². The maximum Gasteiger partial charge on any atom is 0.142 e. The minimum Gasteiger partial charge on any atom is -0.487 e. The second kappa shape index (κ2) is 4.02. The van der Waals surface area contributed by atoms with Crippen LogP contribution in [0, 0.1) is 0 Å². The molecule has 0 spiro atoms. The first-order chi connectivity index (χ1) is 5.74. The Bertz CT molecular complexity index is 286. The largest absolute Gasteiger partial charge is 0.487 e. The Morgan fingerprint density at radius 1 is 1.58 bits per heavy atom. The predicted molar refractivity (Wildman–Crippen MR) is 51.6 cm³/mol. The van der Waals surface area contributed by atoms with Crippen LogP contribution in [0.5, 0.6) is 5.75 Å². The summed E-state index contributed by atoms with van der Waals surface area (Å²) in [4.78, 5) is 0. The summed E-state index contributed by atoms with van der Waals surface area (Å²) >= 11 is 5.70. The van der Waals surface area contributed by atoms with Gasteiger partial charge < -0.3 is 10.5 Å². The number of nitrogens with two attached hydrogens (primary N) is 1. The van der Waals surface area contributed by atoms with Crippen LogP contribution < -0.4 is 10.5 Å². The summed E-state index contributed by atoms with van der Waals surface area (Å²) in [5.41, 5.74) is 6.16. The smallest absolute Gasteiger partial charge is 0.142 e. The first-order valence-corrected chi connectivity index (χ1v) is 3.90. The Morgan fingerprint density at radius 2 is 2.33 bits per heavy atom. The van der Waals surface area contributed by atoms with Gasteiger partial charge in [-0.25, -0.2) is 0 Å². The molecule has 0 aliphatic heterocycles. The van der Waals surface area contributed by atoms with E-state index in [1.54, 1.807) is 24.3 Å². The number of halogens is 1. The lowest BCUT2D eigenvalue weighted by atomic mass is 10.3. The third-order valence-electron chi connectivity index (χ3n) is 1.33. The van der Waals surface area contributed by atoms with E-state index in [0.717, 1.165) is 0 Å². The van der Waals surface area contributed by atoms with Crippen LogP contribution in [0.25, 0.3) is 0 Å². The number of nitrogen functional groups attached to an aromatic ring is 1. The molecule has 0 atom stereocenters. The van der Waals surface area contributed by atoms with Gasteiger partial charge in [0.05, 0.1) is 5.69 Å². The average molecular weight is 184 g/mol. The number of benzene rings is 1. The predicted octanol–water partition coefficient (Wildman–Crippen LogP) is 2.49. The maximum atomic E-state index is 5.70. The van der Waals surface area contributed by atoms with Crippen molar-refractivity contribution in [3.8, 4) is 5.75 Å². The fourth-order valence-electron chi connectivity index (χ4n) is 0.799. The minimum absolute atomic E-state index is 0.450. The molecule has 2 N–H and O–H groups in total. The van der Waals surface area contributed by atoms with Crippen LogP contribution >= 0.6 is 11.6 Å². The summed E-state index contributed by atoms with van der Waals surface area (Å²) in [5, 5.41) is 0.610. The highest BCUT2D eigenvalue weighted by Gasteiger charge is 1.98. The SMILES string of the molecule is C=CCOc1ccc(Cl)cc1N. The second-order valence-corrected chi connectivity index (χ2v) is 2.72.